The predicted octanol–water partition coefficient (Wildman–Crippen LogP) is 2.98. The van der Waals surface area contributed by atoms with Gasteiger partial charge in [-0.3, -0.25) is 0 Å². The zero-order valence-corrected chi connectivity index (χ0v) is 8.44. The number of halogens is 3. The van der Waals surface area contributed by atoms with Gasteiger partial charge in [0.1, 0.15) is 0 Å². The van der Waals surface area contributed by atoms with Gasteiger partial charge in [0.25, 0.3) is 0 Å². The number of hydrogen-bond acceptors (Lipinski definition) is 1. The molecular weight excluding hydrogens is 181 g/mol. The quantitative estimate of drug-likeness (QED) is 0.723. The Morgan fingerprint density at radius 2 is 1.54 bits per heavy atom. The lowest BCUT2D eigenvalue weighted by atomic mass is 9.75. The molecular formula is C9H17F3O. The SMILES string of the molecule is CCC(C(O)C(F)(F)F)C(C)(C)C. The van der Waals surface area contributed by atoms with Gasteiger partial charge in [0.2, 0.25) is 0 Å². The summed E-state index contributed by atoms with van der Waals surface area (Å²) in [5.74, 6) is -0.743. The van der Waals surface area contributed by atoms with Gasteiger partial charge in [-0.2, -0.15) is 13.2 Å². The van der Waals surface area contributed by atoms with Crippen molar-refractivity contribution in [2.75, 3.05) is 0 Å². The van der Waals surface area contributed by atoms with Gasteiger partial charge in [-0.25, -0.2) is 0 Å². The van der Waals surface area contributed by atoms with Gasteiger partial charge in [-0.05, 0) is 17.8 Å². The molecule has 0 rings (SSSR count). The van der Waals surface area contributed by atoms with Crippen LogP contribution in [0.4, 0.5) is 13.2 Å². The van der Waals surface area contributed by atoms with E-state index in [-0.39, 0.29) is 0 Å². The Labute approximate surface area is 76.9 Å². The summed E-state index contributed by atoms with van der Waals surface area (Å²) in [5, 5.41) is 9.06. The maximum atomic E-state index is 12.2. The fourth-order valence-corrected chi connectivity index (χ4v) is 1.54. The largest absolute Gasteiger partial charge is 0.414 e. The summed E-state index contributed by atoms with van der Waals surface area (Å²) in [4.78, 5) is 0. The second-order valence-electron chi connectivity index (χ2n) is 4.37. The molecule has 0 aromatic rings. The van der Waals surface area contributed by atoms with E-state index in [0.717, 1.165) is 0 Å². The minimum atomic E-state index is -4.51. The van der Waals surface area contributed by atoms with E-state index < -0.39 is 23.6 Å². The summed E-state index contributed by atoms with van der Waals surface area (Å²) in [6, 6.07) is 0. The van der Waals surface area contributed by atoms with Crippen molar-refractivity contribution in [3.05, 3.63) is 0 Å². The highest BCUT2D eigenvalue weighted by atomic mass is 19.4. The van der Waals surface area contributed by atoms with Crippen LogP contribution in [0.5, 0.6) is 0 Å². The smallest absolute Gasteiger partial charge is 0.383 e. The first-order valence-electron chi connectivity index (χ1n) is 4.35. The number of aliphatic hydroxyl groups excluding tert-OH is 1. The molecule has 0 fully saturated rings. The van der Waals surface area contributed by atoms with Crippen LogP contribution in [0, 0.1) is 11.3 Å². The van der Waals surface area contributed by atoms with Gasteiger partial charge in [0.15, 0.2) is 6.10 Å². The van der Waals surface area contributed by atoms with E-state index in [4.69, 9.17) is 5.11 Å². The van der Waals surface area contributed by atoms with Crippen molar-refractivity contribution in [2.24, 2.45) is 11.3 Å². The first kappa shape index (κ1) is 12.8. The van der Waals surface area contributed by atoms with Crippen molar-refractivity contribution in [1.82, 2.24) is 0 Å². The Kier molecular flexibility index (Phi) is 3.79. The zero-order chi connectivity index (χ0) is 10.9. The molecule has 0 bridgehead atoms. The standard InChI is InChI=1S/C9H17F3O/c1-5-6(8(2,3)4)7(13)9(10,11)12/h6-7,13H,5H2,1-4H3. The third-order valence-electron chi connectivity index (χ3n) is 2.27. The zero-order valence-electron chi connectivity index (χ0n) is 8.44. The molecule has 0 amide bonds. The van der Waals surface area contributed by atoms with Gasteiger partial charge in [-0.1, -0.05) is 27.7 Å². The third kappa shape index (κ3) is 3.55. The van der Waals surface area contributed by atoms with Crippen molar-refractivity contribution in [3.63, 3.8) is 0 Å². The lowest BCUT2D eigenvalue weighted by Gasteiger charge is -2.34. The lowest BCUT2D eigenvalue weighted by Crippen LogP contribution is -2.41. The topological polar surface area (TPSA) is 20.2 Å². The van der Waals surface area contributed by atoms with Crippen molar-refractivity contribution in [2.45, 2.75) is 46.4 Å². The minimum absolute atomic E-state index is 0.324. The highest BCUT2D eigenvalue weighted by molar-refractivity contribution is 4.83. The fraction of sp³-hybridized carbons (Fsp3) is 1.00. The molecule has 0 aromatic heterocycles. The maximum absolute atomic E-state index is 12.2. The summed E-state index contributed by atoms with van der Waals surface area (Å²) >= 11 is 0. The Balaban J connectivity index is 4.61. The maximum Gasteiger partial charge on any atom is 0.414 e. The van der Waals surface area contributed by atoms with Crippen LogP contribution in [-0.4, -0.2) is 17.4 Å². The molecule has 0 saturated carbocycles. The molecule has 1 N–H and O–H groups in total. The van der Waals surface area contributed by atoms with Crippen molar-refractivity contribution >= 4 is 0 Å². The van der Waals surface area contributed by atoms with E-state index in [1.165, 1.54) is 0 Å². The van der Waals surface area contributed by atoms with E-state index in [2.05, 4.69) is 0 Å². The molecule has 0 saturated heterocycles. The Morgan fingerprint density at radius 1 is 1.15 bits per heavy atom. The molecule has 0 radical (unpaired) electrons. The molecule has 0 aliphatic heterocycles. The number of alkyl halides is 3. The average molecular weight is 198 g/mol. The van der Waals surface area contributed by atoms with Gasteiger partial charge >= 0.3 is 6.18 Å². The summed E-state index contributed by atoms with van der Waals surface area (Å²) < 4.78 is 36.5. The van der Waals surface area contributed by atoms with E-state index in [0.29, 0.717) is 6.42 Å². The third-order valence-corrected chi connectivity index (χ3v) is 2.27. The van der Waals surface area contributed by atoms with Crippen molar-refractivity contribution in [3.8, 4) is 0 Å². The molecule has 13 heavy (non-hydrogen) atoms. The van der Waals surface area contributed by atoms with E-state index in [9.17, 15) is 13.2 Å². The molecule has 0 aliphatic carbocycles. The molecule has 0 aromatic carbocycles. The van der Waals surface area contributed by atoms with Gasteiger partial charge in [0.05, 0.1) is 0 Å². The minimum Gasteiger partial charge on any atom is -0.383 e. The van der Waals surface area contributed by atoms with Crippen molar-refractivity contribution in [1.29, 1.82) is 0 Å². The fourth-order valence-electron chi connectivity index (χ4n) is 1.54. The first-order valence-corrected chi connectivity index (χ1v) is 4.35. The molecule has 2 unspecified atom stereocenters. The monoisotopic (exact) mass is 198 g/mol. The van der Waals surface area contributed by atoms with Crippen LogP contribution in [0.15, 0.2) is 0 Å². The highest BCUT2D eigenvalue weighted by Gasteiger charge is 2.46. The van der Waals surface area contributed by atoms with E-state index in [1.807, 2.05) is 0 Å². The molecule has 4 heteroatoms. The number of aliphatic hydroxyl groups is 1. The predicted molar refractivity (Wildman–Crippen MR) is 45.3 cm³/mol. The number of rotatable bonds is 2. The van der Waals surface area contributed by atoms with Crippen molar-refractivity contribution < 1.29 is 18.3 Å². The molecule has 80 valence electrons. The lowest BCUT2D eigenvalue weighted by molar-refractivity contribution is -0.229. The summed E-state index contributed by atoms with van der Waals surface area (Å²) in [6.07, 6.45) is -6.39. The number of hydrogen-bond donors (Lipinski definition) is 1. The van der Waals surface area contributed by atoms with Crippen LogP contribution >= 0.6 is 0 Å². The second kappa shape index (κ2) is 3.86. The van der Waals surface area contributed by atoms with Gasteiger partial charge in [-0.15, -0.1) is 0 Å². The Hall–Kier alpha value is -0.250. The Bertz CT molecular complexity index is 157. The summed E-state index contributed by atoms with van der Waals surface area (Å²) in [5.41, 5.74) is -0.524. The second-order valence-corrected chi connectivity index (χ2v) is 4.37. The van der Waals surface area contributed by atoms with Gasteiger partial charge in [0, 0.05) is 0 Å². The van der Waals surface area contributed by atoms with Gasteiger partial charge < -0.3 is 5.11 Å². The molecule has 0 aliphatic rings. The van der Waals surface area contributed by atoms with Crippen LogP contribution in [0.2, 0.25) is 0 Å². The highest BCUT2D eigenvalue weighted by Crippen LogP contribution is 2.37. The van der Waals surface area contributed by atoms with Crippen LogP contribution in [0.25, 0.3) is 0 Å². The van der Waals surface area contributed by atoms with E-state index in [1.54, 1.807) is 27.7 Å². The summed E-state index contributed by atoms with van der Waals surface area (Å²) in [7, 11) is 0. The van der Waals surface area contributed by atoms with E-state index >= 15 is 0 Å². The van der Waals surface area contributed by atoms with Crippen LogP contribution in [0.3, 0.4) is 0 Å². The van der Waals surface area contributed by atoms with Crippen LogP contribution < -0.4 is 0 Å². The molecule has 0 spiro atoms. The molecule has 2 atom stereocenters. The van der Waals surface area contributed by atoms with Crippen LogP contribution in [0.1, 0.15) is 34.1 Å². The summed E-state index contributed by atoms with van der Waals surface area (Å²) in [6.45, 7) is 6.77. The normalized spacial score (nSPS) is 18.5. The van der Waals surface area contributed by atoms with Crippen LogP contribution in [-0.2, 0) is 0 Å². The first-order chi connectivity index (χ1) is 5.60. The molecule has 0 heterocycles. The average Bonchev–Trinajstić information content (AvgIpc) is 1.83. The Morgan fingerprint density at radius 3 is 1.62 bits per heavy atom. The molecule has 1 nitrogen and oxygen atoms in total.